The smallest absolute Gasteiger partial charge is 0.240 e. The van der Waals surface area contributed by atoms with Crippen LogP contribution in [0.25, 0.3) is 5.69 Å². The molecule has 3 rings (SSSR count). The predicted octanol–water partition coefficient (Wildman–Crippen LogP) is 2.95. The van der Waals surface area contributed by atoms with Gasteiger partial charge in [-0.25, -0.2) is 17.8 Å². The van der Waals surface area contributed by atoms with Gasteiger partial charge in [-0.05, 0) is 41.8 Å². The highest BCUT2D eigenvalue weighted by atomic mass is 32.2. The van der Waals surface area contributed by atoms with Gasteiger partial charge in [-0.3, -0.25) is 0 Å². The first kappa shape index (κ1) is 16.4. The lowest BCUT2D eigenvalue weighted by Crippen LogP contribution is -2.27. The van der Waals surface area contributed by atoms with Crippen molar-refractivity contribution >= 4 is 10.0 Å². The standard InChI is InChI=1S/C18H19N3O2S/c1-15(16-6-3-2-4-7-16)14-20-24(22,23)18-10-8-17(9-11-18)21-13-5-12-19-21/h2-13,15,20H,14H2,1H3/t15-/m1/s1. The van der Waals surface area contributed by atoms with Crippen LogP contribution in [0.3, 0.4) is 0 Å². The van der Waals surface area contributed by atoms with Gasteiger partial charge in [-0.15, -0.1) is 0 Å². The molecule has 1 N–H and O–H groups in total. The molecule has 1 atom stereocenters. The summed E-state index contributed by atoms with van der Waals surface area (Å²) in [6.07, 6.45) is 3.49. The molecule has 0 fully saturated rings. The number of hydrogen-bond acceptors (Lipinski definition) is 3. The average molecular weight is 341 g/mol. The lowest BCUT2D eigenvalue weighted by Gasteiger charge is -2.13. The molecule has 124 valence electrons. The Morgan fingerprint density at radius 2 is 1.75 bits per heavy atom. The fourth-order valence-corrected chi connectivity index (χ4v) is 3.55. The minimum Gasteiger partial charge on any atom is -0.241 e. The Bertz CT molecular complexity index is 874. The van der Waals surface area contributed by atoms with Gasteiger partial charge in [0, 0.05) is 18.9 Å². The number of nitrogens with zero attached hydrogens (tertiary/aromatic N) is 2. The molecule has 0 aliphatic rings. The van der Waals surface area contributed by atoms with Crippen molar-refractivity contribution in [3.05, 3.63) is 78.6 Å². The summed E-state index contributed by atoms with van der Waals surface area (Å²) >= 11 is 0. The Morgan fingerprint density at radius 1 is 1.04 bits per heavy atom. The van der Waals surface area contributed by atoms with Crippen LogP contribution in [0, 0.1) is 0 Å². The average Bonchev–Trinajstić information content (AvgIpc) is 3.15. The molecule has 0 bridgehead atoms. The quantitative estimate of drug-likeness (QED) is 0.750. The summed E-state index contributed by atoms with van der Waals surface area (Å²) in [6, 6.07) is 18.3. The van der Waals surface area contributed by atoms with Crippen LogP contribution in [0.15, 0.2) is 78.0 Å². The fourth-order valence-electron chi connectivity index (χ4n) is 2.42. The Morgan fingerprint density at radius 3 is 2.38 bits per heavy atom. The maximum absolute atomic E-state index is 12.4. The van der Waals surface area contributed by atoms with Crippen molar-refractivity contribution in [1.29, 1.82) is 0 Å². The molecule has 0 unspecified atom stereocenters. The second kappa shape index (κ2) is 6.98. The molecule has 0 amide bonds. The van der Waals surface area contributed by atoms with Crippen LogP contribution >= 0.6 is 0 Å². The van der Waals surface area contributed by atoms with Crippen molar-refractivity contribution in [2.75, 3.05) is 6.54 Å². The van der Waals surface area contributed by atoms with E-state index in [4.69, 9.17) is 0 Å². The Hall–Kier alpha value is -2.44. The van der Waals surface area contributed by atoms with Crippen LogP contribution in [0.1, 0.15) is 18.4 Å². The van der Waals surface area contributed by atoms with E-state index in [-0.39, 0.29) is 10.8 Å². The van der Waals surface area contributed by atoms with Crippen molar-refractivity contribution in [2.45, 2.75) is 17.7 Å². The molecule has 0 saturated heterocycles. The van der Waals surface area contributed by atoms with Gasteiger partial charge in [0.15, 0.2) is 0 Å². The molecule has 1 heterocycles. The molecule has 5 nitrogen and oxygen atoms in total. The van der Waals surface area contributed by atoms with Crippen molar-refractivity contribution in [3.63, 3.8) is 0 Å². The first-order valence-electron chi connectivity index (χ1n) is 7.71. The van der Waals surface area contributed by atoms with E-state index in [1.54, 1.807) is 35.1 Å². The zero-order chi connectivity index (χ0) is 17.0. The Kier molecular flexibility index (Phi) is 4.78. The monoisotopic (exact) mass is 341 g/mol. The molecule has 0 saturated carbocycles. The number of hydrogen-bond donors (Lipinski definition) is 1. The maximum atomic E-state index is 12.4. The van der Waals surface area contributed by atoms with Gasteiger partial charge >= 0.3 is 0 Å². The lowest BCUT2D eigenvalue weighted by molar-refractivity contribution is 0.575. The molecule has 24 heavy (non-hydrogen) atoms. The summed E-state index contributed by atoms with van der Waals surface area (Å²) in [5.74, 6) is 0.101. The molecular weight excluding hydrogens is 322 g/mol. The molecule has 0 radical (unpaired) electrons. The van der Waals surface area contributed by atoms with Gasteiger partial charge in [-0.1, -0.05) is 37.3 Å². The molecule has 2 aromatic carbocycles. The highest BCUT2D eigenvalue weighted by Gasteiger charge is 2.16. The second-order valence-electron chi connectivity index (χ2n) is 5.61. The summed E-state index contributed by atoms with van der Waals surface area (Å²) < 4.78 is 29.2. The van der Waals surface area contributed by atoms with Crippen molar-refractivity contribution in [3.8, 4) is 5.69 Å². The molecule has 0 spiro atoms. The molecule has 0 aliphatic heterocycles. The van der Waals surface area contributed by atoms with Crippen molar-refractivity contribution in [1.82, 2.24) is 14.5 Å². The van der Waals surface area contributed by atoms with Gasteiger partial charge in [0.2, 0.25) is 10.0 Å². The zero-order valence-corrected chi connectivity index (χ0v) is 14.1. The summed E-state index contributed by atoms with van der Waals surface area (Å²) in [5, 5.41) is 4.12. The molecule has 1 aromatic heterocycles. The van der Waals surface area contributed by atoms with E-state index in [9.17, 15) is 8.42 Å². The van der Waals surface area contributed by atoms with Crippen LogP contribution in [0.5, 0.6) is 0 Å². The number of sulfonamides is 1. The zero-order valence-electron chi connectivity index (χ0n) is 13.3. The van der Waals surface area contributed by atoms with E-state index >= 15 is 0 Å². The molecular formula is C18H19N3O2S. The summed E-state index contributed by atoms with van der Waals surface area (Å²) in [7, 11) is -3.53. The number of nitrogens with one attached hydrogen (secondary N) is 1. The summed E-state index contributed by atoms with van der Waals surface area (Å²) in [4.78, 5) is 0.249. The topological polar surface area (TPSA) is 64.0 Å². The lowest BCUT2D eigenvalue weighted by atomic mass is 10.0. The number of benzene rings is 2. The Balaban J connectivity index is 1.69. The van der Waals surface area contributed by atoms with Gasteiger partial charge in [0.25, 0.3) is 0 Å². The molecule has 3 aromatic rings. The van der Waals surface area contributed by atoms with E-state index < -0.39 is 10.0 Å². The van der Waals surface area contributed by atoms with E-state index in [0.717, 1.165) is 11.3 Å². The molecule has 0 aliphatic carbocycles. The van der Waals surface area contributed by atoms with Crippen LogP contribution in [-0.4, -0.2) is 24.7 Å². The van der Waals surface area contributed by atoms with E-state index in [1.807, 2.05) is 49.5 Å². The van der Waals surface area contributed by atoms with Crippen molar-refractivity contribution < 1.29 is 8.42 Å². The third-order valence-corrected chi connectivity index (χ3v) is 5.30. The third kappa shape index (κ3) is 3.72. The number of rotatable bonds is 6. The third-order valence-electron chi connectivity index (χ3n) is 3.86. The first-order valence-corrected chi connectivity index (χ1v) is 9.19. The minimum absolute atomic E-state index is 0.101. The van der Waals surface area contributed by atoms with Gasteiger partial charge in [0.05, 0.1) is 10.6 Å². The van der Waals surface area contributed by atoms with Crippen LogP contribution < -0.4 is 4.72 Å². The summed E-state index contributed by atoms with van der Waals surface area (Å²) in [5.41, 5.74) is 1.92. The van der Waals surface area contributed by atoms with Gasteiger partial charge in [0.1, 0.15) is 0 Å². The second-order valence-corrected chi connectivity index (χ2v) is 7.38. The summed E-state index contributed by atoms with van der Waals surface area (Å²) in [6.45, 7) is 2.35. The van der Waals surface area contributed by atoms with Gasteiger partial charge < -0.3 is 0 Å². The predicted molar refractivity (Wildman–Crippen MR) is 93.6 cm³/mol. The normalized spacial score (nSPS) is 12.9. The fraction of sp³-hybridized carbons (Fsp3) is 0.167. The van der Waals surface area contributed by atoms with Crippen LogP contribution in [0.4, 0.5) is 0 Å². The van der Waals surface area contributed by atoms with Crippen molar-refractivity contribution in [2.24, 2.45) is 0 Å². The SMILES string of the molecule is C[C@H](CNS(=O)(=O)c1ccc(-n2cccn2)cc1)c1ccccc1. The maximum Gasteiger partial charge on any atom is 0.240 e. The Labute approximate surface area is 142 Å². The highest BCUT2D eigenvalue weighted by molar-refractivity contribution is 7.89. The number of aromatic nitrogens is 2. The van der Waals surface area contributed by atoms with E-state index in [0.29, 0.717) is 6.54 Å². The van der Waals surface area contributed by atoms with E-state index in [1.165, 1.54) is 0 Å². The van der Waals surface area contributed by atoms with E-state index in [2.05, 4.69) is 9.82 Å². The first-order chi connectivity index (χ1) is 11.6. The highest BCUT2D eigenvalue weighted by Crippen LogP contribution is 2.16. The largest absolute Gasteiger partial charge is 0.241 e. The van der Waals surface area contributed by atoms with Crippen LogP contribution in [-0.2, 0) is 10.0 Å². The van der Waals surface area contributed by atoms with Gasteiger partial charge in [-0.2, -0.15) is 5.10 Å². The minimum atomic E-state index is -3.53. The molecule has 6 heteroatoms. The van der Waals surface area contributed by atoms with Crippen LogP contribution in [0.2, 0.25) is 0 Å².